The molecule has 3 unspecified atom stereocenters. The van der Waals surface area contributed by atoms with Crippen LogP contribution in [0.3, 0.4) is 0 Å². The van der Waals surface area contributed by atoms with E-state index in [-0.39, 0.29) is 35.9 Å². The highest BCUT2D eigenvalue weighted by Crippen LogP contribution is 2.30. The number of carbonyl (C=O) groups excluding carboxylic acids is 1. The van der Waals surface area contributed by atoms with E-state index in [9.17, 15) is 22.0 Å². The molecule has 1 aromatic rings. The molecule has 1 heterocycles. The molecule has 8 heteroatoms. The number of carbonyl (C=O) groups is 1. The Hall–Kier alpha value is -1.54. The van der Waals surface area contributed by atoms with E-state index in [1.165, 1.54) is 10.7 Å². The van der Waals surface area contributed by atoms with Crippen LogP contribution in [-0.2, 0) is 14.8 Å². The van der Waals surface area contributed by atoms with Crippen molar-refractivity contribution in [3.05, 3.63) is 29.8 Å². The maximum absolute atomic E-state index is 13.4. The number of rotatable bonds is 4. The maximum atomic E-state index is 13.4. The molecule has 28 heavy (non-hydrogen) atoms. The lowest BCUT2D eigenvalue weighted by Gasteiger charge is -2.36. The zero-order valence-electron chi connectivity index (χ0n) is 16.3. The molecule has 2 aliphatic rings. The molecule has 1 amide bonds. The molecule has 0 radical (unpaired) electrons. The first kappa shape index (κ1) is 21.2. The normalized spacial score (nSPS) is 27.5. The highest BCUT2D eigenvalue weighted by Gasteiger charge is 2.34. The summed E-state index contributed by atoms with van der Waals surface area (Å²) in [5.41, 5.74) is 0. The first-order valence-electron chi connectivity index (χ1n) is 9.95. The van der Waals surface area contributed by atoms with Gasteiger partial charge in [-0.3, -0.25) is 4.79 Å². The Morgan fingerprint density at radius 1 is 1.07 bits per heavy atom. The minimum Gasteiger partial charge on any atom is -0.353 e. The van der Waals surface area contributed by atoms with Gasteiger partial charge in [0.15, 0.2) is 11.6 Å². The summed E-state index contributed by atoms with van der Waals surface area (Å²) >= 11 is 0. The summed E-state index contributed by atoms with van der Waals surface area (Å²) < 4.78 is 53.1. The second-order valence-electron chi connectivity index (χ2n) is 8.14. The van der Waals surface area contributed by atoms with Gasteiger partial charge in [0.1, 0.15) is 0 Å². The van der Waals surface area contributed by atoms with Crippen molar-refractivity contribution in [3.8, 4) is 0 Å². The predicted octanol–water partition coefficient (Wildman–Crippen LogP) is 3.31. The van der Waals surface area contributed by atoms with E-state index in [1.807, 2.05) is 0 Å². The standard InChI is InChI=1S/C20H28F2N2O3S/c1-13-4-3-5-19(14(13)2)23-20(25)15-8-10-24(11-9-15)28(26,27)16-6-7-17(21)18(22)12-16/h6-7,12-15,19H,3-5,8-11H2,1-2H3,(H,23,25). The lowest BCUT2D eigenvalue weighted by Crippen LogP contribution is -2.48. The van der Waals surface area contributed by atoms with Gasteiger partial charge >= 0.3 is 0 Å². The third-order valence-electron chi connectivity index (χ3n) is 6.39. The molecule has 5 nitrogen and oxygen atoms in total. The van der Waals surface area contributed by atoms with Gasteiger partial charge in [0.05, 0.1) is 4.90 Å². The summed E-state index contributed by atoms with van der Waals surface area (Å²) in [5.74, 6) is -1.47. The minimum atomic E-state index is -3.90. The van der Waals surface area contributed by atoms with Gasteiger partial charge in [0.2, 0.25) is 15.9 Å². The third-order valence-corrected chi connectivity index (χ3v) is 8.28. The second-order valence-corrected chi connectivity index (χ2v) is 10.1. The molecule has 2 fully saturated rings. The molecule has 1 N–H and O–H groups in total. The molecular formula is C20H28F2N2O3S. The van der Waals surface area contributed by atoms with Gasteiger partial charge < -0.3 is 5.32 Å². The van der Waals surface area contributed by atoms with E-state index in [0.29, 0.717) is 30.7 Å². The number of amides is 1. The monoisotopic (exact) mass is 414 g/mol. The molecule has 0 spiro atoms. The smallest absolute Gasteiger partial charge is 0.243 e. The quantitative estimate of drug-likeness (QED) is 0.822. The summed E-state index contributed by atoms with van der Waals surface area (Å²) in [6.45, 7) is 4.77. The van der Waals surface area contributed by atoms with Crippen LogP contribution in [0, 0.1) is 29.4 Å². The van der Waals surface area contributed by atoms with Gasteiger partial charge in [-0.15, -0.1) is 0 Å². The lowest BCUT2D eigenvalue weighted by molar-refractivity contribution is -0.127. The van der Waals surface area contributed by atoms with E-state index in [0.717, 1.165) is 25.0 Å². The Morgan fingerprint density at radius 3 is 2.39 bits per heavy atom. The van der Waals surface area contributed by atoms with Crippen LogP contribution in [-0.4, -0.2) is 37.8 Å². The first-order valence-corrected chi connectivity index (χ1v) is 11.4. The maximum Gasteiger partial charge on any atom is 0.243 e. The average Bonchev–Trinajstić information content (AvgIpc) is 2.67. The van der Waals surface area contributed by atoms with Gasteiger partial charge in [0, 0.05) is 25.0 Å². The van der Waals surface area contributed by atoms with Crippen LogP contribution in [0.5, 0.6) is 0 Å². The van der Waals surface area contributed by atoms with Gasteiger partial charge in [-0.25, -0.2) is 17.2 Å². The average molecular weight is 415 g/mol. The van der Waals surface area contributed by atoms with Crippen LogP contribution in [0.25, 0.3) is 0 Å². The molecular weight excluding hydrogens is 386 g/mol. The van der Waals surface area contributed by atoms with Crippen molar-refractivity contribution in [3.63, 3.8) is 0 Å². The molecule has 3 atom stereocenters. The fraction of sp³-hybridized carbons (Fsp3) is 0.650. The Bertz CT molecular complexity index is 823. The van der Waals surface area contributed by atoms with E-state index in [1.54, 1.807) is 0 Å². The number of hydrogen-bond donors (Lipinski definition) is 1. The van der Waals surface area contributed by atoms with Gasteiger partial charge in [-0.1, -0.05) is 26.7 Å². The fourth-order valence-corrected chi connectivity index (χ4v) is 5.71. The van der Waals surface area contributed by atoms with Crippen LogP contribution in [0.2, 0.25) is 0 Å². The second kappa shape index (κ2) is 8.45. The molecule has 1 saturated heterocycles. The molecule has 0 aromatic heterocycles. The Balaban J connectivity index is 1.59. The summed E-state index contributed by atoms with van der Waals surface area (Å²) in [7, 11) is -3.90. The van der Waals surface area contributed by atoms with Crippen molar-refractivity contribution >= 4 is 15.9 Å². The molecule has 1 saturated carbocycles. The molecule has 3 rings (SSSR count). The van der Waals surface area contributed by atoms with Crippen LogP contribution in [0.15, 0.2) is 23.1 Å². The van der Waals surface area contributed by atoms with Gasteiger partial charge in [-0.05, 0) is 49.3 Å². The molecule has 0 bridgehead atoms. The number of nitrogens with one attached hydrogen (secondary N) is 1. The fourth-order valence-electron chi connectivity index (χ4n) is 4.23. The number of benzene rings is 1. The number of nitrogens with zero attached hydrogens (tertiary/aromatic N) is 1. The molecule has 1 aromatic carbocycles. The highest BCUT2D eigenvalue weighted by atomic mass is 32.2. The summed E-state index contributed by atoms with van der Waals surface area (Å²) in [4.78, 5) is 12.4. The van der Waals surface area contributed by atoms with Crippen LogP contribution in [0.1, 0.15) is 46.0 Å². The van der Waals surface area contributed by atoms with Gasteiger partial charge in [-0.2, -0.15) is 4.31 Å². The molecule has 156 valence electrons. The number of halogens is 2. The van der Waals surface area contributed by atoms with Crippen molar-refractivity contribution in [2.24, 2.45) is 17.8 Å². The summed E-state index contributed by atoms with van der Waals surface area (Å²) in [5, 5.41) is 3.17. The van der Waals surface area contributed by atoms with Crippen molar-refractivity contribution in [2.75, 3.05) is 13.1 Å². The Morgan fingerprint density at radius 2 is 1.75 bits per heavy atom. The molecule has 1 aliphatic heterocycles. The number of piperidine rings is 1. The van der Waals surface area contributed by atoms with E-state index in [4.69, 9.17) is 0 Å². The largest absolute Gasteiger partial charge is 0.353 e. The van der Waals surface area contributed by atoms with E-state index in [2.05, 4.69) is 19.2 Å². The Kier molecular flexibility index (Phi) is 6.39. The van der Waals surface area contributed by atoms with Crippen molar-refractivity contribution in [1.82, 2.24) is 9.62 Å². The summed E-state index contributed by atoms with van der Waals surface area (Å²) in [6.07, 6.45) is 4.13. The number of sulfonamides is 1. The minimum absolute atomic E-state index is 0.00387. The topological polar surface area (TPSA) is 66.5 Å². The van der Waals surface area contributed by atoms with Crippen LogP contribution >= 0.6 is 0 Å². The highest BCUT2D eigenvalue weighted by molar-refractivity contribution is 7.89. The van der Waals surface area contributed by atoms with Crippen molar-refractivity contribution < 1.29 is 22.0 Å². The van der Waals surface area contributed by atoms with E-state index >= 15 is 0 Å². The predicted molar refractivity (Wildman–Crippen MR) is 102 cm³/mol. The molecule has 1 aliphatic carbocycles. The Labute approximate surface area is 165 Å². The van der Waals surface area contributed by atoms with Crippen LogP contribution in [0.4, 0.5) is 8.78 Å². The number of hydrogen-bond acceptors (Lipinski definition) is 3. The summed E-state index contributed by atoms with van der Waals surface area (Å²) in [6, 6.07) is 2.77. The van der Waals surface area contributed by atoms with Crippen LogP contribution < -0.4 is 5.32 Å². The third kappa shape index (κ3) is 4.38. The lowest BCUT2D eigenvalue weighted by atomic mass is 9.78. The SMILES string of the molecule is CC1CCCC(NC(=O)C2CCN(S(=O)(=O)c3ccc(F)c(F)c3)CC2)C1C. The van der Waals surface area contributed by atoms with Crippen molar-refractivity contribution in [1.29, 1.82) is 0 Å². The zero-order valence-corrected chi connectivity index (χ0v) is 17.1. The first-order chi connectivity index (χ1) is 13.2. The van der Waals surface area contributed by atoms with E-state index < -0.39 is 21.7 Å². The van der Waals surface area contributed by atoms with Crippen molar-refractivity contribution in [2.45, 2.75) is 56.9 Å². The zero-order chi connectivity index (χ0) is 20.5. The van der Waals surface area contributed by atoms with Gasteiger partial charge in [0.25, 0.3) is 0 Å².